The quantitative estimate of drug-likeness (QED) is 0.821. The number of rotatable bonds is 6. The van der Waals surface area contributed by atoms with Crippen LogP contribution >= 0.6 is 11.6 Å². The molecule has 1 amide bonds. The summed E-state index contributed by atoms with van der Waals surface area (Å²) in [6.45, 7) is 3.90. The van der Waals surface area contributed by atoms with Crippen LogP contribution in [-0.2, 0) is 20.7 Å². The molecule has 5 heteroatoms. The molecule has 0 fully saturated rings. The normalized spacial score (nSPS) is 12.1. The Labute approximate surface area is 124 Å². The van der Waals surface area contributed by atoms with Crippen LogP contribution in [0.5, 0.6) is 0 Å². The molecule has 1 aromatic rings. The Morgan fingerprint density at radius 1 is 1.35 bits per heavy atom. The van der Waals surface area contributed by atoms with Gasteiger partial charge in [-0.3, -0.25) is 4.79 Å². The fourth-order valence-electron chi connectivity index (χ4n) is 1.86. The lowest BCUT2D eigenvalue weighted by Crippen LogP contribution is -2.43. The van der Waals surface area contributed by atoms with E-state index in [9.17, 15) is 9.59 Å². The van der Waals surface area contributed by atoms with Crippen molar-refractivity contribution in [2.24, 2.45) is 5.92 Å². The summed E-state index contributed by atoms with van der Waals surface area (Å²) in [5, 5.41) is 3.31. The SMILES string of the molecule is COC(=O)[C@H](Cc1cccc(Cl)c1)NC(=O)CC(C)C. The van der Waals surface area contributed by atoms with E-state index in [1.165, 1.54) is 7.11 Å². The topological polar surface area (TPSA) is 55.4 Å². The number of halogens is 1. The number of benzene rings is 1. The van der Waals surface area contributed by atoms with Gasteiger partial charge in [0.05, 0.1) is 7.11 Å². The van der Waals surface area contributed by atoms with E-state index in [1.807, 2.05) is 26.0 Å². The molecule has 0 spiro atoms. The fourth-order valence-corrected chi connectivity index (χ4v) is 2.07. The molecule has 0 saturated heterocycles. The first kappa shape index (κ1) is 16.5. The Bertz CT molecular complexity index is 474. The largest absolute Gasteiger partial charge is 0.467 e. The minimum atomic E-state index is -0.690. The van der Waals surface area contributed by atoms with Crippen LogP contribution in [0.3, 0.4) is 0 Å². The molecule has 4 nitrogen and oxygen atoms in total. The van der Waals surface area contributed by atoms with Gasteiger partial charge in [-0.05, 0) is 23.6 Å². The van der Waals surface area contributed by atoms with Gasteiger partial charge in [-0.15, -0.1) is 0 Å². The molecule has 1 rings (SSSR count). The lowest BCUT2D eigenvalue weighted by atomic mass is 10.0. The van der Waals surface area contributed by atoms with Gasteiger partial charge in [0.25, 0.3) is 0 Å². The van der Waals surface area contributed by atoms with E-state index in [4.69, 9.17) is 16.3 Å². The number of hydrogen-bond acceptors (Lipinski definition) is 3. The third-order valence-corrected chi connectivity index (χ3v) is 2.98. The number of hydrogen-bond donors (Lipinski definition) is 1. The first-order valence-electron chi connectivity index (χ1n) is 6.54. The van der Waals surface area contributed by atoms with Gasteiger partial charge >= 0.3 is 5.97 Å². The predicted octanol–water partition coefficient (Wildman–Crippen LogP) is 2.59. The number of ether oxygens (including phenoxy) is 1. The van der Waals surface area contributed by atoms with Crippen LogP contribution in [0.1, 0.15) is 25.8 Å². The summed E-state index contributed by atoms with van der Waals surface area (Å²) in [7, 11) is 1.31. The van der Waals surface area contributed by atoms with Crippen LogP contribution in [0.2, 0.25) is 5.02 Å². The van der Waals surface area contributed by atoms with Gasteiger partial charge in [-0.25, -0.2) is 4.79 Å². The summed E-state index contributed by atoms with van der Waals surface area (Å²) in [6.07, 6.45) is 0.736. The first-order chi connectivity index (χ1) is 9.42. The van der Waals surface area contributed by atoms with Gasteiger partial charge in [-0.2, -0.15) is 0 Å². The van der Waals surface area contributed by atoms with Crippen molar-refractivity contribution in [3.8, 4) is 0 Å². The fraction of sp³-hybridized carbons (Fsp3) is 0.467. The van der Waals surface area contributed by atoms with Crippen LogP contribution in [0.25, 0.3) is 0 Å². The van der Waals surface area contributed by atoms with E-state index < -0.39 is 12.0 Å². The third-order valence-electron chi connectivity index (χ3n) is 2.74. The van der Waals surface area contributed by atoms with E-state index in [0.717, 1.165) is 5.56 Å². The Kier molecular flexibility index (Phi) is 6.52. The van der Waals surface area contributed by atoms with Gasteiger partial charge in [0.2, 0.25) is 5.91 Å². The van der Waals surface area contributed by atoms with E-state index >= 15 is 0 Å². The van der Waals surface area contributed by atoms with Crippen molar-refractivity contribution in [1.29, 1.82) is 0 Å². The van der Waals surface area contributed by atoms with Gasteiger partial charge in [0.15, 0.2) is 0 Å². The average Bonchev–Trinajstić information content (AvgIpc) is 2.36. The molecule has 0 bridgehead atoms. The van der Waals surface area contributed by atoms with E-state index in [-0.39, 0.29) is 11.8 Å². The van der Waals surface area contributed by atoms with Gasteiger partial charge in [0, 0.05) is 17.9 Å². The van der Waals surface area contributed by atoms with Crippen molar-refractivity contribution >= 4 is 23.5 Å². The summed E-state index contributed by atoms with van der Waals surface area (Å²) in [6, 6.07) is 6.50. The molecule has 1 N–H and O–H groups in total. The summed E-state index contributed by atoms with van der Waals surface area (Å²) < 4.78 is 4.73. The molecule has 20 heavy (non-hydrogen) atoms. The Morgan fingerprint density at radius 2 is 2.05 bits per heavy atom. The standard InChI is InChI=1S/C15H20ClNO3/c1-10(2)7-14(18)17-13(15(19)20-3)9-11-5-4-6-12(16)8-11/h4-6,8,10,13H,7,9H2,1-3H3,(H,17,18)/t13-/m0/s1. The number of carbonyl (C=O) groups is 2. The average molecular weight is 298 g/mol. The Hall–Kier alpha value is -1.55. The lowest BCUT2D eigenvalue weighted by molar-refractivity contribution is -0.145. The molecule has 0 aromatic heterocycles. The highest BCUT2D eigenvalue weighted by molar-refractivity contribution is 6.30. The van der Waals surface area contributed by atoms with E-state index in [0.29, 0.717) is 17.9 Å². The Balaban J connectivity index is 2.74. The molecule has 0 unspecified atom stereocenters. The van der Waals surface area contributed by atoms with Crippen molar-refractivity contribution in [2.75, 3.05) is 7.11 Å². The van der Waals surface area contributed by atoms with Gasteiger partial charge in [-0.1, -0.05) is 37.6 Å². The minimum Gasteiger partial charge on any atom is -0.467 e. The first-order valence-corrected chi connectivity index (χ1v) is 6.91. The van der Waals surface area contributed by atoms with Crippen LogP contribution in [0.4, 0.5) is 0 Å². The number of nitrogens with one attached hydrogen (secondary N) is 1. The molecule has 0 saturated carbocycles. The highest BCUT2D eigenvalue weighted by Crippen LogP contribution is 2.13. The smallest absolute Gasteiger partial charge is 0.328 e. The van der Waals surface area contributed by atoms with Gasteiger partial charge < -0.3 is 10.1 Å². The molecule has 1 atom stereocenters. The maximum Gasteiger partial charge on any atom is 0.328 e. The zero-order valence-electron chi connectivity index (χ0n) is 12.0. The number of carbonyl (C=O) groups excluding carboxylic acids is 2. The molecule has 110 valence electrons. The molecule has 0 aliphatic rings. The second-order valence-corrected chi connectivity index (χ2v) is 5.51. The molecular weight excluding hydrogens is 278 g/mol. The maximum atomic E-state index is 11.8. The summed E-state index contributed by atoms with van der Waals surface area (Å²) in [5.41, 5.74) is 0.873. The van der Waals surface area contributed by atoms with Crippen molar-refractivity contribution in [3.63, 3.8) is 0 Å². The number of amides is 1. The molecule has 1 aromatic carbocycles. The molecular formula is C15H20ClNO3. The predicted molar refractivity (Wildman–Crippen MR) is 78.6 cm³/mol. The number of methoxy groups -OCH3 is 1. The summed E-state index contributed by atoms with van der Waals surface area (Å²) >= 11 is 5.91. The van der Waals surface area contributed by atoms with Crippen molar-refractivity contribution in [3.05, 3.63) is 34.9 Å². The highest BCUT2D eigenvalue weighted by Gasteiger charge is 2.22. The number of esters is 1. The van der Waals surface area contributed by atoms with Crippen LogP contribution in [0.15, 0.2) is 24.3 Å². The lowest BCUT2D eigenvalue weighted by Gasteiger charge is -2.17. The third kappa shape index (κ3) is 5.61. The highest BCUT2D eigenvalue weighted by atomic mass is 35.5. The second-order valence-electron chi connectivity index (χ2n) is 5.08. The van der Waals surface area contributed by atoms with Crippen molar-refractivity contribution < 1.29 is 14.3 Å². The van der Waals surface area contributed by atoms with E-state index in [1.54, 1.807) is 12.1 Å². The molecule has 0 radical (unpaired) electrons. The second kappa shape index (κ2) is 7.90. The molecule has 0 aliphatic carbocycles. The zero-order valence-corrected chi connectivity index (χ0v) is 12.7. The maximum absolute atomic E-state index is 11.8. The Morgan fingerprint density at radius 3 is 2.60 bits per heavy atom. The summed E-state index contributed by atoms with van der Waals surface area (Å²) in [4.78, 5) is 23.5. The summed E-state index contributed by atoms with van der Waals surface area (Å²) in [5.74, 6) is -0.376. The van der Waals surface area contributed by atoms with Crippen molar-refractivity contribution in [2.45, 2.75) is 32.7 Å². The molecule has 0 aliphatic heterocycles. The van der Waals surface area contributed by atoms with Crippen LogP contribution in [-0.4, -0.2) is 25.0 Å². The van der Waals surface area contributed by atoms with Crippen LogP contribution in [0, 0.1) is 5.92 Å². The van der Waals surface area contributed by atoms with Crippen LogP contribution < -0.4 is 5.32 Å². The zero-order chi connectivity index (χ0) is 15.1. The van der Waals surface area contributed by atoms with Crippen molar-refractivity contribution in [1.82, 2.24) is 5.32 Å². The monoisotopic (exact) mass is 297 g/mol. The van der Waals surface area contributed by atoms with Gasteiger partial charge in [0.1, 0.15) is 6.04 Å². The minimum absolute atomic E-state index is 0.155. The molecule has 0 heterocycles. The van der Waals surface area contributed by atoms with E-state index in [2.05, 4.69) is 5.32 Å².